The molecule has 0 aliphatic heterocycles. The van der Waals surface area contributed by atoms with Crippen LogP contribution in [0.15, 0.2) is 12.1 Å². The van der Waals surface area contributed by atoms with Crippen LogP contribution >= 0.6 is 11.6 Å². The maximum absolute atomic E-state index is 10.6. The second-order valence-corrected chi connectivity index (χ2v) is 3.27. The molecule has 0 saturated carbocycles. The van der Waals surface area contributed by atoms with Gasteiger partial charge in [0.1, 0.15) is 11.6 Å². The smallest absolute Gasteiger partial charge is 0.307 e. The van der Waals surface area contributed by atoms with Crippen LogP contribution in [0.4, 0.5) is 5.69 Å². The van der Waals surface area contributed by atoms with E-state index in [1.165, 1.54) is 6.07 Å². The average Bonchev–Trinajstić information content (AvgIpc) is 2.19. The first-order chi connectivity index (χ1) is 7.47. The molecule has 0 aliphatic carbocycles. The number of carbonyl (C=O) groups is 1. The first-order valence-electron chi connectivity index (χ1n) is 4.05. The van der Waals surface area contributed by atoms with Crippen LogP contribution in [0, 0.1) is 21.4 Å². The van der Waals surface area contributed by atoms with Gasteiger partial charge in [0.25, 0.3) is 5.69 Å². The molecule has 1 rings (SSSR count). The lowest BCUT2D eigenvalue weighted by atomic mass is 10.0. The maximum atomic E-state index is 10.6. The van der Waals surface area contributed by atoms with Crippen molar-refractivity contribution in [1.82, 2.24) is 0 Å². The molecule has 0 heterocycles. The van der Waals surface area contributed by atoms with E-state index >= 15 is 0 Å². The summed E-state index contributed by atoms with van der Waals surface area (Å²) in [6, 6.07) is 3.89. The van der Waals surface area contributed by atoms with Gasteiger partial charge < -0.3 is 5.11 Å². The number of benzene rings is 1. The lowest BCUT2D eigenvalue weighted by molar-refractivity contribution is -0.385. The fraction of sp³-hybridized carbons (Fsp3) is 0.111. The SMILES string of the molecule is N#Cc1c([N+](=O)[O-])ccc(Cl)c1CC(=O)O. The van der Waals surface area contributed by atoms with Gasteiger partial charge in [0, 0.05) is 16.7 Å². The summed E-state index contributed by atoms with van der Waals surface area (Å²) in [4.78, 5) is 20.4. The standard InChI is InChI=1S/C9H5ClN2O4/c10-7-1-2-8(12(15)16)6(4-11)5(7)3-9(13)14/h1-2H,3H2,(H,13,14). The number of hydrogen-bond donors (Lipinski definition) is 1. The van der Waals surface area contributed by atoms with E-state index in [0.29, 0.717) is 0 Å². The Bertz CT molecular complexity index is 507. The molecule has 0 atom stereocenters. The summed E-state index contributed by atoms with van der Waals surface area (Å²) in [5.41, 5.74) is -0.783. The molecular weight excluding hydrogens is 236 g/mol. The number of nitro benzene ring substituents is 1. The zero-order valence-electron chi connectivity index (χ0n) is 7.81. The van der Waals surface area contributed by atoms with Crippen LogP contribution < -0.4 is 0 Å². The Morgan fingerprint density at radius 3 is 2.69 bits per heavy atom. The molecule has 82 valence electrons. The Hall–Kier alpha value is -2.13. The van der Waals surface area contributed by atoms with E-state index in [1.807, 2.05) is 0 Å². The van der Waals surface area contributed by atoms with Gasteiger partial charge in [0.2, 0.25) is 0 Å². The second-order valence-electron chi connectivity index (χ2n) is 2.86. The minimum absolute atomic E-state index is 0.0320. The molecule has 1 aromatic carbocycles. The Kier molecular flexibility index (Phi) is 3.43. The highest BCUT2D eigenvalue weighted by Crippen LogP contribution is 2.28. The number of nitrogens with zero attached hydrogens (tertiary/aromatic N) is 2. The normalized spacial score (nSPS) is 9.50. The van der Waals surface area contributed by atoms with Crippen molar-refractivity contribution >= 4 is 23.3 Å². The summed E-state index contributed by atoms with van der Waals surface area (Å²) >= 11 is 5.69. The van der Waals surface area contributed by atoms with Crippen molar-refractivity contribution in [1.29, 1.82) is 5.26 Å². The van der Waals surface area contributed by atoms with Gasteiger partial charge in [-0.05, 0) is 6.07 Å². The molecule has 0 saturated heterocycles. The molecule has 6 nitrogen and oxygen atoms in total. The van der Waals surface area contributed by atoms with Crippen molar-refractivity contribution in [3.8, 4) is 6.07 Å². The first kappa shape index (κ1) is 11.9. The van der Waals surface area contributed by atoms with Crippen molar-refractivity contribution in [3.05, 3.63) is 38.4 Å². The molecule has 0 spiro atoms. The highest BCUT2D eigenvalue weighted by molar-refractivity contribution is 6.31. The van der Waals surface area contributed by atoms with Gasteiger partial charge in [-0.2, -0.15) is 5.26 Å². The van der Waals surface area contributed by atoms with Crippen LogP contribution in [0.1, 0.15) is 11.1 Å². The highest BCUT2D eigenvalue weighted by atomic mass is 35.5. The van der Waals surface area contributed by atoms with Crippen LogP contribution in [0.2, 0.25) is 5.02 Å². The summed E-state index contributed by atoms with van der Waals surface area (Å²) in [5.74, 6) is -1.21. The second kappa shape index (κ2) is 4.59. The summed E-state index contributed by atoms with van der Waals surface area (Å²) in [7, 11) is 0. The minimum Gasteiger partial charge on any atom is -0.481 e. The predicted molar refractivity (Wildman–Crippen MR) is 54.2 cm³/mol. The van der Waals surface area contributed by atoms with E-state index in [2.05, 4.69) is 0 Å². The molecule has 16 heavy (non-hydrogen) atoms. The number of carboxylic acid groups (broad SMARTS) is 1. The number of hydrogen-bond acceptors (Lipinski definition) is 4. The van der Waals surface area contributed by atoms with E-state index in [1.54, 1.807) is 6.07 Å². The lowest BCUT2D eigenvalue weighted by Crippen LogP contribution is -2.05. The van der Waals surface area contributed by atoms with Gasteiger partial charge in [0.05, 0.1) is 11.3 Å². The Labute approximate surface area is 94.8 Å². The van der Waals surface area contributed by atoms with Crippen molar-refractivity contribution in [2.45, 2.75) is 6.42 Å². The monoisotopic (exact) mass is 240 g/mol. The fourth-order valence-corrected chi connectivity index (χ4v) is 1.44. The molecule has 0 unspecified atom stereocenters. The van der Waals surface area contributed by atoms with Crippen molar-refractivity contribution in [3.63, 3.8) is 0 Å². The molecule has 0 aromatic heterocycles. The summed E-state index contributed by atoms with van der Waals surface area (Å²) < 4.78 is 0. The van der Waals surface area contributed by atoms with Crippen LogP contribution in [-0.2, 0) is 11.2 Å². The van der Waals surface area contributed by atoms with Crippen molar-refractivity contribution in [2.75, 3.05) is 0 Å². The van der Waals surface area contributed by atoms with Gasteiger partial charge >= 0.3 is 5.97 Å². The minimum atomic E-state index is -1.21. The zero-order chi connectivity index (χ0) is 12.3. The van der Waals surface area contributed by atoms with Gasteiger partial charge in [-0.25, -0.2) is 0 Å². The average molecular weight is 241 g/mol. The van der Waals surface area contributed by atoms with Crippen molar-refractivity contribution in [2.24, 2.45) is 0 Å². The summed E-state index contributed by atoms with van der Waals surface area (Å²) in [6.45, 7) is 0. The van der Waals surface area contributed by atoms with Crippen LogP contribution in [0.25, 0.3) is 0 Å². The van der Waals surface area contributed by atoms with E-state index in [9.17, 15) is 14.9 Å². The number of halogens is 1. The third-order valence-electron chi connectivity index (χ3n) is 1.87. The largest absolute Gasteiger partial charge is 0.481 e. The van der Waals surface area contributed by atoms with E-state index in [0.717, 1.165) is 6.07 Å². The Morgan fingerprint density at radius 1 is 1.62 bits per heavy atom. The molecule has 1 N–H and O–H groups in total. The molecule has 0 amide bonds. The number of rotatable bonds is 3. The number of carboxylic acids is 1. The molecular formula is C9H5ClN2O4. The van der Waals surface area contributed by atoms with Crippen molar-refractivity contribution < 1.29 is 14.8 Å². The molecule has 0 bridgehead atoms. The molecule has 0 radical (unpaired) electrons. The van der Waals surface area contributed by atoms with Gasteiger partial charge in [-0.15, -0.1) is 0 Å². The third-order valence-corrected chi connectivity index (χ3v) is 2.22. The van der Waals surface area contributed by atoms with Crippen LogP contribution in [0.3, 0.4) is 0 Å². The quantitative estimate of drug-likeness (QED) is 0.640. The van der Waals surface area contributed by atoms with E-state index in [4.69, 9.17) is 22.0 Å². The summed E-state index contributed by atoms with van der Waals surface area (Å²) in [6.07, 6.45) is -0.524. The van der Waals surface area contributed by atoms with Crippen LogP contribution in [-0.4, -0.2) is 16.0 Å². The number of aliphatic carboxylic acids is 1. The number of nitro groups is 1. The van der Waals surface area contributed by atoms with E-state index < -0.39 is 23.0 Å². The lowest BCUT2D eigenvalue weighted by Gasteiger charge is -2.04. The topological polar surface area (TPSA) is 104 Å². The molecule has 1 aromatic rings. The summed E-state index contributed by atoms with van der Waals surface area (Å²) in [5, 5.41) is 28.0. The van der Waals surface area contributed by atoms with Crippen LogP contribution in [0.5, 0.6) is 0 Å². The van der Waals surface area contributed by atoms with Gasteiger partial charge in [-0.3, -0.25) is 14.9 Å². The van der Waals surface area contributed by atoms with Gasteiger partial charge in [0.15, 0.2) is 0 Å². The molecule has 0 aliphatic rings. The Morgan fingerprint density at radius 2 is 2.25 bits per heavy atom. The molecule has 0 fully saturated rings. The first-order valence-corrected chi connectivity index (χ1v) is 4.42. The maximum Gasteiger partial charge on any atom is 0.307 e. The fourth-order valence-electron chi connectivity index (χ4n) is 1.21. The van der Waals surface area contributed by atoms with E-state index in [-0.39, 0.29) is 16.1 Å². The Balaban J connectivity index is 3.45. The predicted octanol–water partition coefficient (Wildman–Crippen LogP) is 1.75. The third kappa shape index (κ3) is 2.27. The van der Waals surface area contributed by atoms with Gasteiger partial charge in [-0.1, -0.05) is 11.6 Å². The number of nitriles is 1. The zero-order valence-corrected chi connectivity index (χ0v) is 8.56. The molecule has 7 heteroatoms. The highest BCUT2D eigenvalue weighted by Gasteiger charge is 2.21.